The Kier molecular flexibility index (Phi) is 10.7. The first-order valence-corrected chi connectivity index (χ1v) is 13.6. The number of halogens is 1. The number of rotatable bonds is 4. The monoisotopic (exact) mass is 522 g/mol. The Morgan fingerprint density at radius 1 is 1.03 bits per heavy atom. The van der Waals surface area contributed by atoms with E-state index in [4.69, 9.17) is 16.6 Å². The minimum absolute atomic E-state index is 0.340. The first-order chi connectivity index (χ1) is 17.3. The summed E-state index contributed by atoms with van der Waals surface area (Å²) in [7, 11) is 8.19. The Hall–Kier alpha value is -2.44. The number of aromatic nitrogens is 1. The highest BCUT2D eigenvalue weighted by Crippen LogP contribution is 2.42. The highest BCUT2D eigenvalue weighted by molar-refractivity contribution is 7.16. The van der Waals surface area contributed by atoms with E-state index in [0.29, 0.717) is 5.92 Å². The van der Waals surface area contributed by atoms with E-state index >= 15 is 0 Å². The van der Waals surface area contributed by atoms with Gasteiger partial charge in [0.25, 0.3) is 0 Å². The SMILES string of the molecule is C=CC=C.CN(C)C.CN1Cc2sc(Cl)cc2C(c2ccccc2-c2ccc(N3CCCC3)nc2)C1. The lowest BCUT2D eigenvalue weighted by Crippen LogP contribution is -2.30. The summed E-state index contributed by atoms with van der Waals surface area (Å²) >= 11 is 8.09. The largest absolute Gasteiger partial charge is 0.357 e. The molecule has 1 aromatic carbocycles. The van der Waals surface area contributed by atoms with Crippen molar-refractivity contribution in [2.75, 3.05) is 52.7 Å². The van der Waals surface area contributed by atoms with Gasteiger partial charge in [0.15, 0.2) is 0 Å². The van der Waals surface area contributed by atoms with E-state index in [1.165, 1.54) is 40.0 Å². The van der Waals surface area contributed by atoms with Crippen LogP contribution in [0.5, 0.6) is 0 Å². The van der Waals surface area contributed by atoms with Crippen molar-refractivity contribution in [2.45, 2.75) is 25.3 Å². The standard InChI is InChI=1S/C23H24ClN3S.C4H6.C3H9N/c1-26-14-20(19-12-22(24)28-21(19)15-26)18-7-3-2-6-17(18)16-8-9-23(25-13-16)27-10-4-5-11-27;1-3-4-2;1-4(2)3/h2-3,6-9,12-13,20H,4-5,10-11,14-15H2,1H3;3-4H,1-2H2;1-3H3. The molecule has 0 saturated carbocycles. The molecule has 0 spiro atoms. The molecule has 0 N–H and O–H groups in total. The molecule has 0 radical (unpaired) electrons. The maximum absolute atomic E-state index is 6.37. The van der Waals surface area contributed by atoms with Crippen LogP contribution in [0.2, 0.25) is 4.34 Å². The summed E-state index contributed by atoms with van der Waals surface area (Å²) in [5.41, 5.74) is 5.22. The minimum Gasteiger partial charge on any atom is -0.357 e. The smallest absolute Gasteiger partial charge is 0.128 e. The Morgan fingerprint density at radius 3 is 2.31 bits per heavy atom. The van der Waals surface area contributed by atoms with Gasteiger partial charge in [-0.25, -0.2) is 4.98 Å². The Labute approximate surface area is 226 Å². The fourth-order valence-corrected chi connectivity index (χ4v) is 5.98. The third kappa shape index (κ3) is 7.53. The first-order valence-electron chi connectivity index (χ1n) is 12.4. The van der Waals surface area contributed by atoms with E-state index < -0.39 is 0 Å². The molecule has 5 rings (SSSR count). The van der Waals surface area contributed by atoms with Crippen LogP contribution in [-0.4, -0.2) is 62.6 Å². The summed E-state index contributed by atoms with van der Waals surface area (Å²) in [6.07, 6.45) is 7.86. The van der Waals surface area contributed by atoms with E-state index in [1.54, 1.807) is 23.5 Å². The molecule has 2 aliphatic rings. The molecular formula is C30H39ClN4S. The van der Waals surface area contributed by atoms with Gasteiger partial charge < -0.3 is 14.7 Å². The summed E-state index contributed by atoms with van der Waals surface area (Å²) in [6, 6.07) is 15.3. The number of pyridine rings is 1. The number of benzene rings is 1. The van der Waals surface area contributed by atoms with Gasteiger partial charge in [-0.2, -0.15) is 0 Å². The molecule has 1 unspecified atom stereocenters. The van der Waals surface area contributed by atoms with Gasteiger partial charge in [-0.1, -0.05) is 61.2 Å². The van der Waals surface area contributed by atoms with Crippen LogP contribution in [-0.2, 0) is 6.54 Å². The molecular weight excluding hydrogens is 484 g/mol. The molecule has 2 aromatic heterocycles. The molecule has 1 saturated heterocycles. The molecule has 0 amide bonds. The Bertz CT molecular complexity index is 1110. The molecule has 0 aliphatic carbocycles. The van der Waals surface area contributed by atoms with Gasteiger partial charge in [0.2, 0.25) is 0 Å². The van der Waals surface area contributed by atoms with Gasteiger partial charge in [-0.3, -0.25) is 0 Å². The van der Waals surface area contributed by atoms with Crippen molar-refractivity contribution >= 4 is 28.8 Å². The van der Waals surface area contributed by atoms with Crippen LogP contribution in [0.15, 0.2) is 74.0 Å². The van der Waals surface area contributed by atoms with E-state index in [1.807, 2.05) is 32.2 Å². The van der Waals surface area contributed by atoms with Crippen molar-refractivity contribution in [1.29, 1.82) is 0 Å². The van der Waals surface area contributed by atoms with E-state index in [2.05, 4.69) is 72.5 Å². The summed E-state index contributed by atoms with van der Waals surface area (Å²) in [5.74, 6) is 1.44. The fourth-order valence-electron chi connectivity index (χ4n) is 4.56. The molecule has 4 nitrogen and oxygen atoms in total. The molecule has 1 atom stereocenters. The molecule has 3 aromatic rings. The van der Waals surface area contributed by atoms with Crippen LogP contribution in [0.3, 0.4) is 0 Å². The molecule has 4 heterocycles. The van der Waals surface area contributed by atoms with Crippen molar-refractivity contribution in [2.24, 2.45) is 0 Å². The molecule has 36 heavy (non-hydrogen) atoms. The second-order valence-corrected chi connectivity index (χ2v) is 11.4. The van der Waals surface area contributed by atoms with Crippen molar-refractivity contribution < 1.29 is 0 Å². The van der Waals surface area contributed by atoms with Gasteiger partial charge in [0.05, 0.1) is 4.34 Å². The van der Waals surface area contributed by atoms with E-state index in [-0.39, 0.29) is 0 Å². The fraction of sp³-hybridized carbons (Fsp3) is 0.367. The van der Waals surface area contributed by atoms with E-state index in [9.17, 15) is 0 Å². The van der Waals surface area contributed by atoms with Gasteiger partial charge in [-0.15, -0.1) is 11.3 Å². The number of anilines is 1. The predicted octanol–water partition coefficient (Wildman–Crippen LogP) is 7.18. The summed E-state index contributed by atoms with van der Waals surface area (Å²) in [5, 5.41) is 0. The van der Waals surface area contributed by atoms with Gasteiger partial charge >= 0.3 is 0 Å². The zero-order valence-electron chi connectivity index (χ0n) is 22.1. The zero-order valence-corrected chi connectivity index (χ0v) is 23.7. The zero-order chi connectivity index (χ0) is 26.1. The highest BCUT2D eigenvalue weighted by Gasteiger charge is 2.28. The quantitative estimate of drug-likeness (QED) is 0.338. The van der Waals surface area contributed by atoms with Crippen molar-refractivity contribution in [3.05, 3.63) is 94.3 Å². The lowest BCUT2D eigenvalue weighted by atomic mass is 9.84. The number of nitrogens with zero attached hydrogens (tertiary/aromatic N) is 4. The lowest BCUT2D eigenvalue weighted by molar-refractivity contribution is 0.299. The van der Waals surface area contributed by atoms with Gasteiger partial charge in [0, 0.05) is 48.7 Å². The molecule has 0 bridgehead atoms. The molecule has 6 heteroatoms. The third-order valence-corrected chi connectivity index (χ3v) is 7.35. The number of fused-ring (bicyclic) bond motifs is 1. The van der Waals surface area contributed by atoms with Crippen LogP contribution in [0, 0.1) is 0 Å². The highest BCUT2D eigenvalue weighted by atomic mass is 35.5. The molecule has 1 fully saturated rings. The van der Waals surface area contributed by atoms with Gasteiger partial charge in [-0.05, 0) is 75.9 Å². The molecule has 2 aliphatic heterocycles. The van der Waals surface area contributed by atoms with Crippen LogP contribution < -0.4 is 4.90 Å². The predicted molar refractivity (Wildman–Crippen MR) is 159 cm³/mol. The maximum Gasteiger partial charge on any atom is 0.128 e. The van der Waals surface area contributed by atoms with Gasteiger partial charge in [0.1, 0.15) is 5.82 Å². The number of hydrogen-bond acceptors (Lipinski definition) is 5. The second-order valence-electron chi connectivity index (χ2n) is 9.68. The van der Waals surface area contributed by atoms with Crippen LogP contribution >= 0.6 is 22.9 Å². The summed E-state index contributed by atoms with van der Waals surface area (Å²) < 4.78 is 0.888. The Balaban J connectivity index is 0.000000398. The van der Waals surface area contributed by atoms with Crippen molar-refractivity contribution in [3.63, 3.8) is 0 Å². The average molecular weight is 523 g/mol. The first kappa shape index (κ1) is 28.1. The summed E-state index contributed by atoms with van der Waals surface area (Å²) in [4.78, 5) is 12.9. The summed E-state index contributed by atoms with van der Waals surface area (Å²) in [6.45, 7) is 11.0. The number of allylic oxidation sites excluding steroid dienone is 2. The number of likely N-dealkylation sites (N-methyl/N-ethyl adjacent to an activating group) is 1. The van der Waals surface area contributed by atoms with Crippen molar-refractivity contribution in [1.82, 2.24) is 14.8 Å². The minimum atomic E-state index is 0.340. The second kappa shape index (κ2) is 13.8. The lowest BCUT2D eigenvalue weighted by Gasteiger charge is -2.31. The van der Waals surface area contributed by atoms with Crippen LogP contribution in [0.1, 0.15) is 34.8 Å². The average Bonchev–Trinajstić information content (AvgIpc) is 3.53. The normalized spacial score (nSPS) is 16.9. The van der Waals surface area contributed by atoms with Crippen LogP contribution in [0.25, 0.3) is 11.1 Å². The number of thiophene rings is 1. The van der Waals surface area contributed by atoms with Crippen LogP contribution in [0.4, 0.5) is 5.82 Å². The molecule has 192 valence electrons. The topological polar surface area (TPSA) is 22.6 Å². The third-order valence-electron chi connectivity index (χ3n) is 6.09. The van der Waals surface area contributed by atoms with Crippen molar-refractivity contribution in [3.8, 4) is 11.1 Å². The Morgan fingerprint density at radius 2 is 1.69 bits per heavy atom. The maximum atomic E-state index is 6.37. The van der Waals surface area contributed by atoms with E-state index in [0.717, 1.165) is 36.3 Å². The number of hydrogen-bond donors (Lipinski definition) is 0.